The van der Waals surface area contributed by atoms with Gasteiger partial charge in [-0.25, -0.2) is 0 Å². The molecule has 1 saturated heterocycles. The molecule has 27 heavy (non-hydrogen) atoms. The lowest BCUT2D eigenvalue weighted by atomic mass is 9.94. The predicted molar refractivity (Wildman–Crippen MR) is 113 cm³/mol. The number of anilines is 2. The molecule has 1 aliphatic heterocycles. The Kier molecular flexibility index (Phi) is 7.00. The summed E-state index contributed by atoms with van der Waals surface area (Å²) in [6.07, 6.45) is 6.10. The fourth-order valence-corrected chi connectivity index (χ4v) is 4.36. The molecule has 0 unspecified atom stereocenters. The lowest BCUT2D eigenvalue weighted by Crippen LogP contribution is -2.46. The number of nitrogens with one attached hydrogen (secondary N) is 1. The van der Waals surface area contributed by atoms with Crippen molar-refractivity contribution in [1.82, 2.24) is 9.80 Å². The van der Waals surface area contributed by atoms with Gasteiger partial charge in [0.15, 0.2) is 0 Å². The first-order valence-corrected chi connectivity index (χ1v) is 10.7. The minimum atomic E-state index is -0.198. The van der Waals surface area contributed by atoms with Gasteiger partial charge in [-0.05, 0) is 50.6 Å². The van der Waals surface area contributed by atoms with E-state index in [0.29, 0.717) is 6.04 Å². The molecule has 1 amide bonds. The molecule has 0 radical (unpaired) electrons. The van der Waals surface area contributed by atoms with E-state index in [1.807, 2.05) is 18.9 Å². The smallest absolute Gasteiger partial charge is 0.244 e. The molecule has 1 heterocycles. The standard InChI is InChI=1S/C22H36N4O/c1-4-25-14-16-26(17-15-25)21-12-10-19(11-13-21)23-18(2)22(27)24(3)20-8-6-5-7-9-20/h10-13,18,20,23H,4-9,14-17H2,1-3H3/t18-/m1/s1. The SMILES string of the molecule is CCN1CCN(c2ccc(N[C@H](C)C(=O)N(C)C3CCCCC3)cc2)CC1. The second-order valence-corrected chi connectivity index (χ2v) is 8.08. The molecule has 1 aromatic rings. The zero-order valence-corrected chi connectivity index (χ0v) is 17.3. The van der Waals surface area contributed by atoms with E-state index in [2.05, 4.69) is 46.3 Å². The van der Waals surface area contributed by atoms with Gasteiger partial charge in [-0.15, -0.1) is 0 Å². The number of benzene rings is 1. The van der Waals surface area contributed by atoms with Crippen LogP contribution in [0.15, 0.2) is 24.3 Å². The second kappa shape index (κ2) is 9.45. The van der Waals surface area contributed by atoms with Crippen LogP contribution in [0.1, 0.15) is 46.0 Å². The zero-order chi connectivity index (χ0) is 19.2. The fourth-order valence-electron chi connectivity index (χ4n) is 4.36. The van der Waals surface area contributed by atoms with Gasteiger partial charge >= 0.3 is 0 Å². The summed E-state index contributed by atoms with van der Waals surface area (Å²) < 4.78 is 0. The summed E-state index contributed by atoms with van der Waals surface area (Å²) in [6.45, 7) is 9.77. The first kappa shape index (κ1) is 20.0. The van der Waals surface area contributed by atoms with Crippen molar-refractivity contribution in [2.75, 3.05) is 50.0 Å². The molecule has 0 spiro atoms. The maximum atomic E-state index is 12.8. The molecule has 150 valence electrons. The number of piperazine rings is 1. The van der Waals surface area contributed by atoms with Crippen molar-refractivity contribution >= 4 is 17.3 Å². The number of nitrogens with zero attached hydrogens (tertiary/aromatic N) is 3. The fraction of sp³-hybridized carbons (Fsp3) is 0.682. The zero-order valence-electron chi connectivity index (χ0n) is 17.3. The van der Waals surface area contributed by atoms with Gasteiger partial charge in [0.1, 0.15) is 6.04 Å². The topological polar surface area (TPSA) is 38.8 Å². The van der Waals surface area contributed by atoms with E-state index >= 15 is 0 Å². The summed E-state index contributed by atoms with van der Waals surface area (Å²) in [4.78, 5) is 19.7. The van der Waals surface area contributed by atoms with Gasteiger partial charge in [-0.3, -0.25) is 4.79 Å². The second-order valence-electron chi connectivity index (χ2n) is 8.08. The van der Waals surface area contributed by atoms with Crippen LogP contribution in [0, 0.1) is 0 Å². The molecular weight excluding hydrogens is 336 g/mol. The average Bonchev–Trinajstić information content (AvgIpc) is 2.74. The molecule has 0 aromatic heterocycles. The number of carbonyl (C=O) groups excluding carboxylic acids is 1. The summed E-state index contributed by atoms with van der Waals surface area (Å²) in [6, 6.07) is 8.77. The molecule has 3 rings (SSSR count). The van der Waals surface area contributed by atoms with Gasteiger partial charge in [0.05, 0.1) is 0 Å². The minimum Gasteiger partial charge on any atom is -0.374 e. The highest BCUT2D eigenvalue weighted by Gasteiger charge is 2.25. The van der Waals surface area contributed by atoms with Crippen LogP contribution in [0.3, 0.4) is 0 Å². The van der Waals surface area contributed by atoms with Crippen LogP contribution in [0.25, 0.3) is 0 Å². The number of amides is 1. The molecule has 2 fully saturated rings. The quantitative estimate of drug-likeness (QED) is 0.830. The van der Waals surface area contributed by atoms with Crippen molar-refractivity contribution in [3.8, 4) is 0 Å². The van der Waals surface area contributed by atoms with Crippen LogP contribution in [-0.4, -0.2) is 67.6 Å². The Morgan fingerprint density at radius 3 is 2.33 bits per heavy atom. The minimum absolute atomic E-state index is 0.196. The Hall–Kier alpha value is -1.75. The van der Waals surface area contributed by atoms with E-state index in [1.54, 1.807) is 0 Å². The van der Waals surface area contributed by atoms with E-state index in [-0.39, 0.29) is 11.9 Å². The average molecular weight is 373 g/mol. The lowest BCUT2D eigenvalue weighted by Gasteiger charge is -2.35. The van der Waals surface area contributed by atoms with E-state index < -0.39 is 0 Å². The first-order valence-electron chi connectivity index (χ1n) is 10.7. The van der Waals surface area contributed by atoms with Crippen LogP contribution in [0.4, 0.5) is 11.4 Å². The molecule has 5 nitrogen and oxygen atoms in total. The van der Waals surface area contributed by atoms with Gasteiger partial charge < -0.3 is 20.0 Å². The van der Waals surface area contributed by atoms with Crippen molar-refractivity contribution in [3.05, 3.63) is 24.3 Å². The van der Waals surface area contributed by atoms with Crippen molar-refractivity contribution in [3.63, 3.8) is 0 Å². The van der Waals surface area contributed by atoms with Crippen molar-refractivity contribution in [1.29, 1.82) is 0 Å². The summed E-state index contributed by atoms with van der Waals surface area (Å²) in [5, 5.41) is 3.39. The maximum absolute atomic E-state index is 12.8. The predicted octanol–water partition coefficient (Wildman–Crippen LogP) is 3.42. The van der Waals surface area contributed by atoms with E-state index in [4.69, 9.17) is 0 Å². The maximum Gasteiger partial charge on any atom is 0.244 e. The molecule has 1 saturated carbocycles. The van der Waals surface area contributed by atoms with Gasteiger partial charge in [0.2, 0.25) is 5.91 Å². The molecule has 1 aromatic carbocycles. The molecule has 1 atom stereocenters. The largest absolute Gasteiger partial charge is 0.374 e. The number of hydrogen-bond acceptors (Lipinski definition) is 4. The molecule has 0 bridgehead atoms. The lowest BCUT2D eigenvalue weighted by molar-refractivity contribution is -0.133. The highest BCUT2D eigenvalue weighted by molar-refractivity contribution is 5.84. The third-order valence-electron chi connectivity index (χ3n) is 6.28. The summed E-state index contributed by atoms with van der Waals surface area (Å²) in [5.74, 6) is 0.196. The normalized spacial score (nSPS) is 20.3. The Bertz CT molecular complexity index is 589. The van der Waals surface area contributed by atoms with Crippen LogP contribution in [0.5, 0.6) is 0 Å². The molecule has 2 aliphatic rings. The first-order chi connectivity index (χ1) is 13.1. The van der Waals surface area contributed by atoms with Crippen molar-refractivity contribution in [2.24, 2.45) is 0 Å². The summed E-state index contributed by atoms with van der Waals surface area (Å²) in [5.41, 5.74) is 2.29. The van der Waals surface area contributed by atoms with Crippen LogP contribution in [0.2, 0.25) is 0 Å². The number of carbonyl (C=O) groups is 1. The van der Waals surface area contributed by atoms with Gasteiger partial charge in [-0.2, -0.15) is 0 Å². The van der Waals surface area contributed by atoms with Crippen LogP contribution >= 0.6 is 0 Å². The number of rotatable bonds is 6. The molecule has 5 heteroatoms. The van der Waals surface area contributed by atoms with E-state index in [0.717, 1.165) is 51.3 Å². The molecular formula is C22H36N4O. The monoisotopic (exact) mass is 372 g/mol. The highest BCUT2D eigenvalue weighted by Crippen LogP contribution is 2.23. The van der Waals surface area contributed by atoms with Gasteiger partial charge in [0.25, 0.3) is 0 Å². The van der Waals surface area contributed by atoms with Gasteiger partial charge in [0, 0.05) is 50.6 Å². The summed E-state index contributed by atoms with van der Waals surface area (Å²) in [7, 11) is 1.97. The Labute approximate surface area is 164 Å². The van der Waals surface area contributed by atoms with Crippen molar-refractivity contribution < 1.29 is 4.79 Å². The Morgan fingerprint density at radius 1 is 1.11 bits per heavy atom. The number of likely N-dealkylation sites (N-methyl/N-ethyl adjacent to an activating group) is 2. The Balaban J connectivity index is 1.52. The molecule has 1 aliphatic carbocycles. The van der Waals surface area contributed by atoms with E-state index in [9.17, 15) is 4.79 Å². The number of hydrogen-bond donors (Lipinski definition) is 1. The van der Waals surface area contributed by atoms with Crippen LogP contribution < -0.4 is 10.2 Å². The third kappa shape index (κ3) is 5.16. The Morgan fingerprint density at radius 2 is 1.74 bits per heavy atom. The summed E-state index contributed by atoms with van der Waals surface area (Å²) >= 11 is 0. The van der Waals surface area contributed by atoms with Gasteiger partial charge in [-0.1, -0.05) is 26.2 Å². The van der Waals surface area contributed by atoms with Crippen LogP contribution in [-0.2, 0) is 4.79 Å². The third-order valence-corrected chi connectivity index (χ3v) is 6.28. The molecule has 1 N–H and O–H groups in total. The highest BCUT2D eigenvalue weighted by atomic mass is 16.2. The van der Waals surface area contributed by atoms with E-state index in [1.165, 1.54) is 24.9 Å². The van der Waals surface area contributed by atoms with Crippen molar-refractivity contribution in [2.45, 2.75) is 58.0 Å².